The maximum absolute atomic E-state index is 11.9. The first-order valence-electron chi connectivity index (χ1n) is 7.02. The van der Waals surface area contributed by atoms with Crippen LogP contribution < -0.4 is 10.6 Å². The lowest BCUT2D eigenvalue weighted by atomic mass is 10.0. The topological polar surface area (TPSA) is 61.4 Å². The molecular formula is C17H19ClN2O2. The minimum Gasteiger partial charge on any atom is -0.387 e. The predicted octanol–water partition coefficient (Wildman–Crippen LogP) is 3.81. The van der Waals surface area contributed by atoms with Crippen molar-refractivity contribution in [3.05, 3.63) is 64.2 Å². The summed E-state index contributed by atoms with van der Waals surface area (Å²) in [4.78, 5) is 11.9. The highest BCUT2D eigenvalue weighted by molar-refractivity contribution is 6.31. The van der Waals surface area contributed by atoms with E-state index < -0.39 is 6.10 Å². The molecule has 0 aromatic heterocycles. The molecule has 0 heterocycles. The van der Waals surface area contributed by atoms with Gasteiger partial charge in [-0.1, -0.05) is 41.9 Å². The smallest absolute Gasteiger partial charge is 0.319 e. The molecule has 22 heavy (non-hydrogen) atoms. The van der Waals surface area contributed by atoms with Crippen molar-refractivity contribution in [3.63, 3.8) is 0 Å². The van der Waals surface area contributed by atoms with Crippen molar-refractivity contribution in [2.24, 2.45) is 0 Å². The standard InChI is InChI=1S/C17H19ClN2O2/c1-11-6-3-4-7-13(11)16(21)10-19-17(22)20-15-9-5-8-14(18)12(15)2/h3-9,16,21H,10H2,1-2H3,(H2,19,20,22). The first kappa shape index (κ1) is 16.3. The van der Waals surface area contributed by atoms with E-state index in [2.05, 4.69) is 10.6 Å². The van der Waals surface area contributed by atoms with Crippen LogP contribution in [0.1, 0.15) is 22.8 Å². The van der Waals surface area contributed by atoms with Gasteiger partial charge < -0.3 is 15.7 Å². The minimum absolute atomic E-state index is 0.135. The first-order chi connectivity index (χ1) is 10.5. The van der Waals surface area contributed by atoms with E-state index in [0.717, 1.165) is 16.7 Å². The van der Waals surface area contributed by atoms with E-state index in [9.17, 15) is 9.90 Å². The van der Waals surface area contributed by atoms with Gasteiger partial charge in [-0.05, 0) is 42.7 Å². The van der Waals surface area contributed by atoms with Crippen molar-refractivity contribution in [1.29, 1.82) is 0 Å². The Bertz CT molecular complexity index is 673. The quantitative estimate of drug-likeness (QED) is 0.802. The third-order valence-electron chi connectivity index (χ3n) is 3.52. The number of aryl methyl sites for hydroxylation is 1. The molecule has 0 fully saturated rings. The Balaban J connectivity index is 1.93. The summed E-state index contributed by atoms with van der Waals surface area (Å²) >= 11 is 6.01. The zero-order chi connectivity index (χ0) is 16.1. The second-order valence-electron chi connectivity index (χ2n) is 5.12. The third kappa shape index (κ3) is 4.00. The average molecular weight is 319 g/mol. The molecule has 0 aliphatic rings. The van der Waals surface area contributed by atoms with E-state index in [1.807, 2.05) is 38.1 Å². The minimum atomic E-state index is -0.743. The van der Waals surface area contributed by atoms with E-state index in [0.29, 0.717) is 10.7 Å². The van der Waals surface area contributed by atoms with Crippen LogP contribution in [0.4, 0.5) is 10.5 Å². The Morgan fingerprint density at radius 2 is 1.91 bits per heavy atom. The molecule has 1 unspecified atom stereocenters. The molecule has 3 N–H and O–H groups in total. The number of carbonyl (C=O) groups excluding carboxylic acids is 1. The zero-order valence-electron chi connectivity index (χ0n) is 12.6. The Hall–Kier alpha value is -2.04. The summed E-state index contributed by atoms with van der Waals surface area (Å²) in [6.45, 7) is 3.89. The van der Waals surface area contributed by atoms with Crippen molar-refractivity contribution >= 4 is 23.3 Å². The predicted molar refractivity (Wildman–Crippen MR) is 89.3 cm³/mol. The summed E-state index contributed by atoms with van der Waals surface area (Å²) in [6.07, 6.45) is -0.743. The normalized spacial score (nSPS) is 11.8. The number of aliphatic hydroxyl groups is 1. The summed E-state index contributed by atoms with van der Waals surface area (Å²) < 4.78 is 0. The van der Waals surface area contributed by atoms with Crippen LogP contribution in [0.25, 0.3) is 0 Å². The molecule has 0 aliphatic heterocycles. The summed E-state index contributed by atoms with van der Waals surface area (Å²) in [5, 5.41) is 16.1. The van der Waals surface area contributed by atoms with E-state index in [4.69, 9.17) is 11.6 Å². The van der Waals surface area contributed by atoms with Gasteiger partial charge in [0.2, 0.25) is 0 Å². The van der Waals surface area contributed by atoms with Gasteiger partial charge in [0, 0.05) is 17.3 Å². The van der Waals surface area contributed by atoms with Crippen LogP contribution in [0.15, 0.2) is 42.5 Å². The highest BCUT2D eigenvalue weighted by atomic mass is 35.5. The second kappa shape index (κ2) is 7.29. The van der Waals surface area contributed by atoms with Crippen molar-refractivity contribution in [3.8, 4) is 0 Å². The van der Waals surface area contributed by atoms with Gasteiger partial charge in [0.05, 0.1) is 6.10 Å². The molecule has 5 heteroatoms. The van der Waals surface area contributed by atoms with Gasteiger partial charge in [0.1, 0.15) is 0 Å². The molecule has 0 bridgehead atoms. The number of urea groups is 1. The molecule has 0 saturated heterocycles. The van der Waals surface area contributed by atoms with E-state index in [-0.39, 0.29) is 12.6 Å². The number of amides is 2. The lowest BCUT2D eigenvalue weighted by Gasteiger charge is -2.15. The Kier molecular flexibility index (Phi) is 5.41. The van der Waals surface area contributed by atoms with Crippen LogP contribution in [0.3, 0.4) is 0 Å². The monoisotopic (exact) mass is 318 g/mol. The van der Waals surface area contributed by atoms with Crippen LogP contribution in [0.2, 0.25) is 5.02 Å². The van der Waals surface area contributed by atoms with Crippen LogP contribution >= 0.6 is 11.6 Å². The van der Waals surface area contributed by atoms with Crippen LogP contribution in [0.5, 0.6) is 0 Å². The molecule has 4 nitrogen and oxygen atoms in total. The number of anilines is 1. The molecule has 0 saturated carbocycles. The molecule has 2 amide bonds. The fourth-order valence-corrected chi connectivity index (χ4v) is 2.34. The summed E-state index contributed by atoms with van der Waals surface area (Å²) in [5.74, 6) is 0. The molecule has 2 aromatic rings. The number of rotatable bonds is 4. The van der Waals surface area contributed by atoms with Gasteiger partial charge in [-0.3, -0.25) is 0 Å². The SMILES string of the molecule is Cc1ccccc1C(O)CNC(=O)Nc1cccc(Cl)c1C. The van der Waals surface area contributed by atoms with Crippen LogP contribution in [-0.2, 0) is 0 Å². The highest BCUT2D eigenvalue weighted by Crippen LogP contribution is 2.22. The van der Waals surface area contributed by atoms with Gasteiger partial charge in [-0.2, -0.15) is 0 Å². The van der Waals surface area contributed by atoms with Gasteiger partial charge in [0.25, 0.3) is 0 Å². The molecule has 1 atom stereocenters. The number of benzene rings is 2. The average Bonchev–Trinajstić information content (AvgIpc) is 2.50. The highest BCUT2D eigenvalue weighted by Gasteiger charge is 2.12. The molecule has 0 radical (unpaired) electrons. The fraction of sp³-hybridized carbons (Fsp3) is 0.235. The van der Waals surface area contributed by atoms with Crippen molar-refractivity contribution < 1.29 is 9.90 Å². The Morgan fingerprint density at radius 1 is 1.18 bits per heavy atom. The lowest BCUT2D eigenvalue weighted by Crippen LogP contribution is -2.32. The maximum Gasteiger partial charge on any atom is 0.319 e. The maximum atomic E-state index is 11.9. The zero-order valence-corrected chi connectivity index (χ0v) is 13.3. The molecule has 0 spiro atoms. The summed E-state index contributed by atoms with van der Waals surface area (Å²) in [7, 11) is 0. The Morgan fingerprint density at radius 3 is 2.64 bits per heavy atom. The first-order valence-corrected chi connectivity index (χ1v) is 7.40. The number of aliphatic hydroxyl groups excluding tert-OH is 1. The second-order valence-corrected chi connectivity index (χ2v) is 5.53. The van der Waals surface area contributed by atoms with Crippen molar-refractivity contribution in [1.82, 2.24) is 5.32 Å². The molecular weight excluding hydrogens is 300 g/mol. The van der Waals surface area contributed by atoms with E-state index in [1.165, 1.54) is 0 Å². The van der Waals surface area contributed by atoms with Crippen LogP contribution in [-0.4, -0.2) is 17.7 Å². The van der Waals surface area contributed by atoms with Gasteiger partial charge in [0.15, 0.2) is 0 Å². The lowest BCUT2D eigenvalue weighted by molar-refractivity contribution is 0.174. The molecule has 2 aromatic carbocycles. The number of hydrogen-bond donors (Lipinski definition) is 3. The fourth-order valence-electron chi connectivity index (χ4n) is 2.17. The number of carbonyl (C=O) groups is 1. The largest absolute Gasteiger partial charge is 0.387 e. The number of halogens is 1. The summed E-state index contributed by atoms with van der Waals surface area (Å²) in [5.41, 5.74) is 3.25. The van der Waals surface area contributed by atoms with Crippen LogP contribution in [0, 0.1) is 13.8 Å². The molecule has 0 aliphatic carbocycles. The van der Waals surface area contributed by atoms with E-state index >= 15 is 0 Å². The third-order valence-corrected chi connectivity index (χ3v) is 3.93. The van der Waals surface area contributed by atoms with Crippen molar-refractivity contribution in [2.75, 3.05) is 11.9 Å². The van der Waals surface area contributed by atoms with Gasteiger partial charge in [-0.25, -0.2) is 4.79 Å². The van der Waals surface area contributed by atoms with Crippen molar-refractivity contribution in [2.45, 2.75) is 20.0 Å². The number of nitrogens with one attached hydrogen (secondary N) is 2. The Labute approximate surface area is 135 Å². The summed E-state index contributed by atoms with van der Waals surface area (Å²) in [6, 6.07) is 12.5. The molecule has 116 valence electrons. The van der Waals surface area contributed by atoms with E-state index in [1.54, 1.807) is 18.2 Å². The van der Waals surface area contributed by atoms with Gasteiger partial charge in [-0.15, -0.1) is 0 Å². The van der Waals surface area contributed by atoms with Gasteiger partial charge >= 0.3 is 6.03 Å². The number of hydrogen-bond acceptors (Lipinski definition) is 2. The molecule has 2 rings (SSSR count).